The van der Waals surface area contributed by atoms with Gasteiger partial charge in [0, 0.05) is 26.2 Å². The second-order valence-electron chi connectivity index (χ2n) is 2.72. The van der Waals surface area contributed by atoms with Gasteiger partial charge in [-0.1, -0.05) is 0 Å². The number of nitrogens with zero attached hydrogens (tertiary/aromatic N) is 2. The van der Waals surface area contributed by atoms with Crippen LogP contribution in [0.3, 0.4) is 0 Å². The molecule has 1 rings (SSSR count). The summed E-state index contributed by atoms with van der Waals surface area (Å²) < 4.78 is 0. The summed E-state index contributed by atoms with van der Waals surface area (Å²) in [5.74, 6) is 4.94. The van der Waals surface area contributed by atoms with Crippen molar-refractivity contribution in [3.63, 3.8) is 0 Å². The van der Waals surface area contributed by atoms with E-state index in [0.717, 1.165) is 26.2 Å². The third-order valence-corrected chi connectivity index (χ3v) is 1.85. The van der Waals surface area contributed by atoms with Gasteiger partial charge in [-0.25, -0.2) is 5.90 Å². The average Bonchev–Trinajstić information content (AvgIpc) is 1.95. The highest BCUT2D eigenvalue weighted by molar-refractivity contribution is 4.66. The highest BCUT2D eigenvalue weighted by atomic mass is 16.6. The Labute approximate surface area is 61.5 Å². The van der Waals surface area contributed by atoms with E-state index in [2.05, 4.69) is 21.7 Å². The van der Waals surface area contributed by atoms with E-state index in [0.29, 0.717) is 6.73 Å². The van der Waals surface area contributed by atoms with Crippen LogP contribution in [-0.4, -0.2) is 49.8 Å². The van der Waals surface area contributed by atoms with E-state index in [1.54, 1.807) is 0 Å². The van der Waals surface area contributed by atoms with Gasteiger partial charge in [0.25, 0.3) is 0 Å². The maximum absolute atomic E-state index is 4.94. The van der Waals surface area contributed by atoms with Crippen molar-refractivity contribution in [1.82, 2.24) is 9.80 Å². The molecular formula is C6H15N3O. The molecule has 0 aromatic carbocycles. The second-order valence-corrected chi connectivity index (χ2v) is 2.72. The lowest BCUT2D eigenvalue weighted by atomic mass is 10.3. The van der Waals surface area contributed by atoms with Gasteiger partial charge in [0.15, 0.2) is 0 Å². The Hall–Kier alpha value is -0.160. The molecule has 60 valence electrons. The van der Waals surface area contributed by atoms with Gasteiger partial charge in [0.2, 0.25) is 0 Å². The van der Waals surface area contributed by atoms with Gasteiger partial charge in [-0.15, -0.1) is 0 Å². The lowest BCUT2D eigenvalue weighted by Crippen LogP contribution is -2.45. The molecule has 0 unspecified atom stereocenters. The van der Waals surface area contributed by atoms with Gasteiger partial charge in [0.05, 0.1) is 0 Å². The lowest BCUT2D eigenvalue weighted by molar-refractivity contribution is 0.00559. The first-order valence-corrected chi connectivity index (χ1v) is 3.55. The number of rotatable bonds is 2. The predicted molar refractivity (Wildman–Crippen MR) is 39.2 cm³/mol. The van der Waals surface area contributed by atoms with E-state index in [1.165, 1.54) is 0 Å². The summed E-state index contributed by atoms with van der Waals surface area (Å²) in [6.07, 6.45) is 0. The number of likely N-dealkylation sites (N-methyl/N-ethyl adjacent to an activating group) is 1. The molecule has 0 aliphatic carbocycles. The van der Waals surface area contributed by atoms with Crippen molar-refractivity contribution < 1.29 is 4.84 Å². The van der Waals surface area contributed by atoms with Crippen molar-refractivity contribution in [2.45, 2.75) is 0 Å². The summed E-state index contributed by atoms with van der Waals surface area (Å²) in [6.45, 7) is 4.92. The predicted octanol–water partition coefficient (Wildman–Crippen LogP) is -0.918. The third kappa shape index (κ3) is 2.22. The monoisotopic (exact) mass is 145 g/mol. The fourth-order valence-electron chi connectivity index (χ4n) is 1.08. The van der Waals surface area contributed by atoms with Gasteiger partial charge in [-0.3, -0.25) is 9.74 Å². The largest absolute Gasteiger partial charge is 0.304 e. The van der Waals surface area contributed by atoms with Gasteiger partial charge >= 0.3 is 0 Å². The smallest absolute Gasteiger partial charge is 0.121 e. The van der Waals surface area contributed by atoms with E-state index in [1.807, 2.05) is 0 Å². The first-order valence-electron chi connectivity index (χ1n) is 3.55. The number of nitrogens with two attached hydrogens (primary N) is 1. The third-order valence-electron chi connectivity index (χ3n) is 1.85. The van der Waals surface area contributed by atoms with Crippen LogP contribution in [0, 0.1) is 0 Å². The molecule has 0 radical (unpaired) electrons. The average molecular weight is 145 g/mol. The fraction of sp³-hybridized carbons (Fsp3) is 1.00. The van der Waals surface area contributed by atoms with Gasteiger partial charge in [-0.2, -0.15) is 0 Å². The van der Waals surface area contributed by atoms with Crippen LogP contribution < -0.4 is 5.90 Å². The van der Waals surface area contributed by atoms with Crippen LogP contribution in [0.5, 0.6) is 0 Å². The molecule has 1 saturated heterocycles. The van der Waals surface area contributed by atoms with Crippen LogP contribution in [0.4, 0.5) is 0 Å². The molecule has 0 aromatic rings. The second kappa shape index (κ2) is 3.88. The minimum absolute atomic E-state index is 0.563. The Morgan fingerprint density at radius 1 is 1.30 bits per heavy atom. The zero-order valence-corrected chi connectivity index (χ0v) is 6.42. The van der Waals surface area contributed by atoms with Crippen LogP contribution >= 0.6 is 0 Å². The number of hydrogen-bond donors (Lipinski definition) is 1. The summed E-state index contributed by atoms with van der Waals surface area (Å²) >= 11 is 0. The van der Waals surface area contributed by atoms with E-state index in [-0.39, 0.29) is 0 Å². The molecule has 2 N–H and O–H groups in total. The Balaban J connectivity index is 2.13. The molecule has 1 aliphatic rings. The first kappa shape index (κ1) is 7.94. The molecule has 0 amide bonds. The quantitative estimate of drug-likeness (QED) is 0.510. The molecule has 10 heavy (non-hydrogen) atoms. The Kier molecular flexibility index (Phi) is 3.08. The van der Waals surface area contributed by atoms with Crippen molar-refractivity contribution in [2.24, 2.45) is 5.90 Å². The van der Waals surface area contributed by atoms with Gasteiger partial charge in [-0.05, 0) is 7.05 Å². The minimum Gasteiger partial charge on any atom is -0.304 e. The van der Waals surface area contributed by atoms with Crippen LogP contribution in [0.2, 0.25) is 0 Å². The van der Waals surface area contributed by atoms with E-state index >= 15 is 0 Å². The maximum atomic E-state index is 4.94. The van der Waals surface area contributed by atoms with Gasteiger partial charge in [0.1, 0.15) is 6.73 Å². The summed E-state index contributed by atoms with van der Waals surface area (Å²) in [6, 6.07) is 0. The Bertz CT molecular complexity index is 91.0. The van der Waals surface area contributed by atoms with Gasteiger partial charge < -0.3 is 4.90 Å². The lowest BCUT2D eigenvalue weighted by Gasteiger charge is -2.31. The summed E-state index contributed by atoms with van der Waals surface area (Å²) in [5.41, 5.74) is 0. The molecule has 4 heteroatoms. The first-order chi connectivity index (χ1) is 4.83. The zero-order valence-electron chi connectivity index (χ0n) is 6.42. The molecule has 0 atom stereocenters. The van der Waals surface area contributed by atoms with E-state index < -0.39 is 0 Å². The zero-order chi connectivity index (χ0) is 7.40. The topological polar surface area (TPSA) is 41.7 Å². The van der Waals surface area contributed by atoms with Crippen LogP contribution in [0.15, 0.2) is 0 Å². The normalized spacial score (nSPS) is 23.4. The van der Waals surface area contributed by atoms with Crippen molar-refractivity contribution in [3.05, 3.63) is 0 Å². The maximum Gasteiger partial charge on any atom is 0.121 e. The summed E-state index contributed by atoms with van der Waals surface area (Å²) in [4.78, 5) is 9.02. The van der Waals surface area contributed by atoms with Crippen molar-refractivity contribution in [3.8, 4) is 0 Å². The summed E-state index contributed by atoms with van der Waals surface area (Å²) in [7, 11) is 2.13. The highest BCUT2D eigenvalue weighted by Gasteiger charge is 2.12. The molecule has 4 nitrogen and oxygen atoms in total. The SMILES string of the molecule is CN1CCN(CON)CC1. The fourth-order valence-corrected chi connectivity index (χ4v) is 1.08. The Morgan fingerprint density at radius 2 is 1.90 bits per heavy atom. The Morgan fingerprint density at radius 3 is 2.40 bits per heavy atom. The molecule has 0 bridgehead atoms. The van der Waals surface area contributed by atoms with Crippen molar-refractivity contribution >= 4 is 0 Å². The van der Waals surface area contributed by atoms with E-state index in [4.69, 9.17) is 5.90 Å². The standard InChI is InChI=1S/C6H15N3O/c1-8-2-4-9(5-3-8)6-10-7/h2-7H2,1H3. The molecule has 0 aromatic heterocycles. The molecular weight excluding hydrogens is 130 g/mol. The molecule has 0 saturated carbocycles. The molecule has 1 heterocycles. The molecule has 0 spiro atoms. The summed E-state index contributed by atoms with van der Waals surface area (Å²) in [5, 5.41) is 0. The van der Waals surface area contributed by atoms with E-state index in [9.17, 15) is 0 Å². The van der Waals surface area contributed by atoms with Crippen LogP contribution in [-0.2, 0) is 4.84 Å². The molecule has 1 aliphatic heterocycles. The van der Waals surface area contributed by atoms with Crippen molar-refractivity contribution in [2.75, 3.05) is 40.0 Å². The van der Waals surface area contributed by atoms with Crippen LogP contribution in [0.25, 0.3) is 0 Å². The molecule has 1 fully saturated rings. The number of hydrogen-bond acceptors (Lipinski definition) is 4. The van der Waals surface area contributed by atoms with Crippen molar-refractivity contribution in [1.29, 1.82) is 0 Å². The minimum atomic E-state index is 0.563. The van der Waals surface area contributed by atoms with Crippen LogP contribution in [0.1, 0.15) is 0 Å². The number of piperazine rings is 1. The highest BCUT2D eigenvalue weighted by Crippen LogP contribution is 1.96.